The van der Waals surface area contributed by atoms with Gasteiger partial charge in [-0.3, -0.25) is 10.0 Å². The molecule has 2 atom stereocenters. The summed E-state index contributed by atoms with van der Waals surface area (Å²) in [4.78, 5) is 4.17. The molecule has 1 heterocycles. The van der Waals surface area contributed by atoms with Crippen LogP contribution >= 0.6 is 11.6 Å². The van der Waals surface area contributed by atoms with Crippen LogP contribution in [0.15, 0.2) is 29.3 Å². The van der Waals surface area contributed by atoms with Crippen LogP contribution in [0.25, 0.3) is 0 Å². The Bertz CT molecular complexity index is 558. The molecule has 0 saturated heterocycles. The van der Waals surface area contributed by atoms with E-state index in [1.165, 1.54) is 5.56 Å². The maximum Gasteiger partial charge on any atom is 0.107 e. The maximum atomic E-state index is 11.5. The van der Waals surface area contributed by atoms with Crippen LogP contribution in [0.3, 0.4) is 0 Å². The van der Waals surface area contributed by atoms with Gasteiger partial charge < -0.3 is 5.11 Å². The fourth-order valence-corrected chi connectivity index (χ4v) is 3.86. The van der Waals surface area contributed by atoms with Crippen molar-refractivity contribution >= 4 is 17.9 Å². The number of nitrogens with zero attached hydrogens (tertiary/aromatic N) is 2. The molecule has 5 heteroatoms. The van der Waals surface area contributed by atoms with E-state index in [-0.39, 0.29) is 11.3 Å². The normalized spacial score (nSPS) is 30.2. The Hall–Kier alpha value is -1.10. The Kier molecular flexibility index (Phi) is 4.19. The molecule has 0 spiro atoms. The van der Waals surface area contributed by atoms with Crippen LogP contribution in [0.5, 0.6) is 0 Å². The molecule has 22 heavy (non-hydrogen) atoms. The van der Waals surface area contributed by atoms with E-state index in [1.807, 2.05) is 17.1 Å². The number of hydrogen-bond acceptors (Lipinski definition) is 4. The Balaban J connectivity index is 1.79. The van der Waals surface area contributed by atoms with E-state index in [0.29, 0.717) is 13.2 Å². The van der Waals surface area contributed by atoms with E-state index >= 15 is 0 Å². The monoisotopic (exact) mass is 321 g/mol. The Labute approximate surface area is 137 Å². The Morgan fingerprint density at radius 1 is 1.36 bits per heavy atom. The molecule has 1 aliphatic carbocycles. The lowest BCUT2D eigenvalue weighted by Crippen LogP contribution is -2.55. The van der Waals surface area contributed by atoms with Crippen LogP contribution in [0.2, 0.25) is 5.02 Å². The molecule has 1 aromatic carbocycles. The van der Waals surface area contributed by atoms with Crippen LogP contribution in [-0.4, -0.2) is 35.3 Å². The third kappa shape index (κ3) is 2.87. The standard InChI is InChI=1S/C17H24ClN3O/c1-16(2)8-7-14(9-13-3-5-15(18)6-4-13)17(16,22)10-21-12-19-11-20-21/h3-6,12,14,20,22H,7-11H2,1-2H3. The first-order valence-corrected chi connectivity index (χ1v) is 8.25. The topological polar surface area (TPSA) is 47.9 Å². The average molecular weight is 322 g/mol. The van der Waals surface area contributed by atoms with E-state index in [4.69, 9.17) is 11.6 Å². The SMILES string of the molecule is CC1(C)CCC(Cc2ccc(Cl)cc2)C1(O)CN1C=NCN1. The van der Waals surface area contributed by atoms with E-state index in [9.17, 15) is 5.11 Å². The number of benzene rings is 1. The van der Waals surface area contributed by atoms with Crippen molar-refractivity contribution in [1.29, 1.82) is 0 Å². The highest BCUT2D eigenvalue weighted by atomic mass is 35.5. The molecule has 0 aromatic heterocycles. The van der Waals surface area contributed by atoms with Gasteiger partial charge in [0.2, 0.25) is 0 Å². The van der Waals surface area contributed by atoms with E-state index in [2.05, 4.69) is 36.4 Å². The van der Waals surface area contributed by atoms with Crippen LogP contribution < -0.4 is 5.43 Å². The summed E-state index contributed by atoms with van der Waals surface area (Å²) in [6.45, 7) is 5.50. The summed E-state index contributed by atoms with van der Waals surface area (Å²) in [5, 5.41) is 14.2. The highest BCUT2D eigenvalue weighted by molar-refractivity contribution is 6.30. The van der Waals surface area contributed by atoms with Crippen molar-refractivity contribution in [3.05, 3.63) is 34.9 Å². The second-order valence-corrected chi connectivity index (χ2v) is 7.55. The van der Waals surface area contributed by atoms with E-state index in [0.717, 1.165) is 24.3 Å². The summed E-state index contributed by atoms with van der Waals surface area (Å²) in [7, 11) is 0. The first-order valence-electron chi connectivity index (χ1n) is 7.88. The third-order valence-corrected chi connectivity index (χ3v) is 5.61. The summed E-state index contributed by atoms with van der Waals surface area (Å²) in [5.74, 6) is 0.236. The smallest absolute Gasteiger partial charge is 0.107 e. The first kappa shape index (κ1) is 15.8. The zero-order valence-electron chi connectivity index (χ0n) is 13.2. The predicted octanol–water partition coefficient (Wildman–Crippen LogP) is 2.86. The molecule has 1 fully saturated rings. The predicted molar refractivity (Wildman–Crippen MR) is 89.8 cm³/mol. The fraction of sp³-hybridized carbons (Fsp3) is 0.588. The number of hydrazine groups is 1. The number of rotatable bonds is 4. The molecular weight excluding hydrogens is 298 g/mol. The number of β-amino-alcohol motifs (C(OH)–C–C–N with tert-alkyl or cyclic N) is 1. The Morgan fingerprint density at radius 3 is 2.73 bits per heavy atom. The summed E-state index contributed by atoms with van der Waals surface area (Å²) >= 11 is 5.96. The molecule has 120 valence electrons. The minimum Gasteiger partial charge on any atom is -0.387 e. The zero-order chi connectivity index (χ0) is 15.8. The number of aliphatic imine (C=N–C) groups is 1. The van der Waals surface area contributed by atoms with Crippen LogP contribution in [0.1, 0.15) is 32.3 Å². The quantitative estimate of drug-likeness (QED) is 0.896. The maximum absolute atomic E-state index is 11.5. The van der Waals surface area contributed by atoms with Gasteiger partial charge in [0, 0.05) is 5.02 Å². The molecule has 2 unspecified atom stereocenters. The molecule has 1 aliphatic heterocycles. The van der Waals surface area contributed by atoms with Gasteiger partial charge >= 0.3 is 0 Å². The van der Waals surface area contributed by atoms with Crippen molar-refractivity contribution in [3.8, 4) is 0 Å². The van der Waals surface area contributed by atoms with Gasteiger partial charge in [-0.1, -0.05) is 37.6 Å². The van der Waals surface area contributed by atoms with Crippen LogP contribution in [0, 0.1) is 11.3 Å². The minimum atomic E-state index is -0.740. The number of halogens is 1. The largest absolute Gasteiger partial charge is 0.387 e. The van der Waals surface area contributed by atoms with Gasteiger partial charge in [-0.05, 0) is 48.3 Å². The molecule has 4 nitrogen and oxygen atoms in total. The van der Waals surface area contributed by atoms with Gasteiger partial charge in [-0.25, -0.2) is 5.43 Å². The van der Waals surface area contributed by atoms with Crippen molar-refractivity contribution in [2.45, 2.75) is 38.7 Å². The van der Waals surface area contributed by atoms with Gasteiger partial charge in [0.15, 0.2) is 0 Å². The van der Waals surface area contributed by atoms with Gasteiger partial charge in [-0.2, -0.15) is 0 Å². The lowest BCUT2D eigenvalue weighted by Gasteiger charge is -2.43. The first-order chi connectivity index (χ1) is 10.4. The summed E-state index contributed by atoms with van der Waals surface area (Å²) in [5.41, 5.74) is 3.55. The van der Waals surface area contributed by atoms with Crippen LogP contribution in [0.4, 0.5) is 0 Å². The van der Waals surface area contributed by atoms with Crippen molar-refractivity contribution in [2.24, 2.45) is 16.3 Å². The molecule has 0 amide bonds. The van der Waals surface area contributed by atoms with Gasteiger partial charge in [0.25, 0.3) is 0 Å². The lowest BCUT2D eigenvalue weighted by atomic mass is 9.72. The zero-order valence-corrected chi connectivity index (χ0v) is 14.0. The molecule has 0 radical (unpaired) electrons. The highest BCUT2D eigenvalue weighted by Crippen LogP contribution is 2.51. The average Bonchev–Trinajstić information content (AvgIpc) is 3.04. The molecule has 0 bridgehead atoms. The molecular formula is C17H24ClN3O. The van der Waals surface area contributed by atoms with E-state index in [1.54, 1.807) is 6.34 Å². The van der Waals surface area contributed by atoms with Gasteiger partial charge in [-0.15, -0.1) is 0 Å². The molecule has 3 rings (SSSR count). The number of hydrogen-bond donors (Lipinski definition) is 2. The number of nitrogens with one attached hydrogen (secondary N) is 1. The van der Waals surface area contributed by atoms with Crippen molar-refractivity contribution in [1.82, 2.24) is 10.4 Å². The molecule has 2 N–H and O–H groups in total. The third-order valence-electron chi connectivity index (χ3n) is 5.36. The minimum absolute atomic E-state index is 0.109. The van der Waals surface area contributed by atoms with Crippen molar-refractivity contribution in [2.75, 3.05) is 13.2 Å². The van der Waals surface area contributed by atoms with Gasteiger partial charge in [0.05, 0.1) is 12.1 Å². The summed E-state index contributed by atoms with van der Waals surface area (Å²) < 4.78 is 0. The van der Waals surface area contributed by atoms with Crippen LogP contribution in [-0.2, 0) is 6.42 Å². The Morgan fingerprint density at radius 2 is 2.09 bits per heavy atom. The van der Waals surface area contributed by atoms with Crippen molar-refractivity contribution < 1.29 is 5.11 Å². The lowest BCUT2D eigenvalue weighted by molar-refractivity contribution is -0.0905. The summed E-state index contributed by atoms with van der Waals surface area (Å²) in [6.07, 6.45) is 4.73. The summed E-state index contributed by atoms with van der Waals surface area (Å²) in [6, 6.07) is 7.96. The van der Waals surface area contributed by atoms with E-state index < -0.39 is 5.60 Å². The fourth-order valence-electron chi connectivity index (χ4n) is 3.73. The molecule has 2 aliphatic rings. The van der Waals surface area contributed by atoms with Crippen molar-refractivity contribution in [3.63, 3.8) is 0 Å². The second kappa shape index (κ2) is 5.84. The second-order valence-electron chi connectivity index (χ2n) is 7.12. The van der Waals surface area contributed by atoms with Gasteiger partial charge in [0.1, 0.15) is 13.0 Å². The number of aliphatic hydroxyl groups is 1. The highest BCUT2D eigenvalue weighted by Gasteiger charge is 2.54. The molecule has 1 aromatic rings. The molecule has 1 saturated carbocycles.